The van der Waals surface area contributed by atoms with E-state index in [4.69, 9.17) is 9.47 Å². The molecule has 0 spiro atoms. The molecule has 1 aromatic heterocycles. The van der Waals surface area contributed by atoms with Crippen LogP contribution in [0, 0.1) is 11.3 Å². The van der Waals surface area contributed by atoms with Crippen LogP contribution in [0.5, 0.6) is 11.5 Å². The minimum Gasteiger partial charge on any atom is -0.497 e. The van der Waals surface area contributed by atoms with E-state index in [0.717, 1.165) is 28.3 Å². The van der Waals surface area contributed by atoms with Gasteiger partial charge in [-0.05, 0) is 43.3 Å². The van der Waals surface area contributed by atoms with Crippen LogP contribution in [0.3, 0.4) is 0 Å². The molecule has 130 valence electrons. The highest BCUT2D eigenvalue weighted by Crippen LogP contribution is 2.30. The summed E-state index contributed by atoms with van der Waals surface area (Å²) in [5.74, 6) is 1.56. The molecule has 1 heterocycles. The molecule has 4 nitrogen and oxygen atoms in total. The van der Waals surface area contributed by atoms with Crippen LogP contribution in [0.25, 0.3) is 22.9 Å². The minimum absolute atomic E-state index is 0.516. The molecule has 26 heavy (non-hydrogen) atoms. The summed E-state index contributed by atoms with van der Waals surface area (Å²) in [4.78, 5) is 4.63. The first-order valence-electron chi connectivity index (χ1n) is 8.19. The topological polar surface area (TPSA) is 55.1 Å². The molecule has 0 saturated heterocycles. The smallest absolute Gasteiger partial charge is 0.134 e. The molecule has 2 aromatic carbocycles. The van der Waals surface area contributed by atoms with Gasteiger partial charge in [-0.2, -0.15) is 5.26 Å². The lowest BCUT2D eigenvalue weighted by molar-refractivity contribution is 0.339. The number of hydrogen-bond acceptors (Lipinski definition) is 5. The van der Waals surface area contributed by atoms with Crippen LogP contribution >= 0.6 is 11.3 Å². The standard InChI is InChI=1S/C21H18N2O2S/c1-3-25-20-7-5-4-6-16(20)12-17(13-22)21-23-19(14-26-21)15-8-10-18(24-2)11-9-15/h4-12,14H,3H2,1-2H3/b17-12+. The third-order valence-corrected chi connectivity index (χ3v) is 4.64. The van der Waals surface area contributed by atoms with Crippen molar-refractivity contribution in [2.75, 3.05) is 13.7 Å². The first kappa shape index (κ1) is 17.7. The van der Waals surface area contributed by atoms with Crippen LogP contribution in [-0.2, 0) is 0 Å². The zero-order valence-electron chi connectivity index (χ0n) is 14.6. The lowest BCUT2D eigenvalue weighted by Gasteiger charge is -2.06. The van der Waals surface area contributed by atoms with Crippen LogP contribution in [0.1, 0.15) is 17.5 Å². The molecular weight excluding hydrogens is 344 g/mol. The summed E-state index contributed by atoms with van der Waals surface area (Å²) in [6.45, 7) is 2.51. The average molecular weight is 362 g/mol. The summed E-state index contributed by atoms with van der Waals surface area (Å²) in [6, 6.07) is 17.6. The molecule has 0 atom stereocenters. The summed E-state index contributed by atoms with van der Waals surface area (Å²) < 4.78 is 10.8. The number of rotatable bonds is 6. The number of methoxy groups -OCH3 is 1. The van der Waals surface area contributed by atoms with E-state index < -0.39 is 0 Å². The van der Waals surface area contributed by atoms with Crippen molar-refractivity contribution in [2.24, 2.45) is 0 Å². The molecule has 0 radical (unpaired) electrons. The molecule has 5 heteroatoms. The number of thiazole rings is 1. The molecule has 0 saturated carbocycles. The second kappa shape index (κ2) is 8.32. The highest BCUT2D eigenvalue weighted by atomic mass is 32.1. The quantitative estimate of drug-likeness (QED) is 0.560. The van der Waals surface area contributed by atoms with Gasteiger partial charge in [0.25, 0.3) is 0 Å². The first-order chi connectivity index (χ1) is 12.7. The Morgan fingerprint density at radius 1 is 1.19 bits per heavy atom. The fraction of sp³-hybridized carbons (Fsp3) is 0.143. The zero-order valence-corrected chi connectivity index (χ0v) is 15.4. The van der Waals surface area contributed by atoms with E-state index in [1.54, 1.807) is 7.11 Å². The van der Waals surface area contributed by atoms with Gasteiger partial charge in [-0.1, -0.05) is 18.2 Å². The molecule has 3 rings (SSSR count). The fourth-order valence-electron chi connectivity index (χ4n) is 2.48. The number of hydrogen-bond donors (Lipinski definition) is 0. The Kier molecular flexibility index (Phi) is 5.67. The monoisotopic (exact) mass is 362 g/mol. The fourth-order valence-corrected chi connectivity index (χ4v) is 3.27. The van der Waals surface area contributed by atoms with Crippen LogP contribution in [0.2, 0.25) is 0 Å². The Bertz CT molecular complexity index is 953. The number of aromatic nitrogens is 1. The van der Waals surface area contributed by atoms with Crippen molar-refractivity contribution in [3.05, 3.63) is 64.5 Å². The lowest BCUT2D eigenvalue weighted by atomic mass is 10.1. The molecule has 0 unspecified atom stereocenters. The van der Waals surface area contributed by atoms with Gasteiger partial charge in [-0.3, -0.25) is 0 Å². The number of nitrogens with zero attached hydrogens (tertiary/aromatic N) is 2. The van der Waals surface area contributed by atoms with Crippen molar-refractivity contribution >= 4 is 23.0 Å². The molecule has 0 aliphatic carbocycles. The molecule has 0 fully saturated rings. The summed E-state index contributed by atoms with van der Waals surface area (Å²) in [5.41, 5.74) is 3.21. The molecular formula is C21H18N2O2S. The van der Waals surface area contributed by atoms with Crippen LogP contribution in [0.15, 0.2) is 53.9 Å². The SMILES string of the molecule is CCOc1ccccc1/C=C(\C#N)c1nc(-c2ccc(OC)cc2)cs1. The van der Waals surface area contributed by atoms with Crippen molar-refractivity contribution in [3.63, 3.8) is 0 Å². The van der Waals surface area contributed by atoms with Crippen molar-refractivity contribution in [1.29, 1.82) is 5.26 Å². The van der Waals surface area contributed by atoms with Crippen molar-refractivity contribution in [2.45, 2.75) is 6.92 Å². The van der Waals surface area contributed by atoms with Crippen molar-refractivity contribution in [3.8, 4) is 28.8 Å². The maximum atomic E-state index is 9.60. The van der Waals surface area contributed by atoms with Crippen LogP contribution < -0.4 is 9.47 Å². The first-order valence-corrected chi connectivity index (χ1v) is 9.07. The Labute approximate surface area is 157 Å². The molecule has 0 aliphatic heterocycles. The van der Waals surface area contributed by atoms with Gasteiger partial charge in [0.2, 0.25) is 0 Å². The van der Waals surface area contributed by atoms with Crippen molar-refractivity contribution < 1.29 is 9.47 Å². The van der Waals surface area contributed by atoms with Gasteiger partial charge in [0.1, 0.15) is 22.6 Å². The zero-order chi connectivity index (χ0) is 18.4. The van der Waals surface area contributed by atoms with Gasteiger partial charge in [-0.25, -0.2) is 4.98 Å². The molecule has 3 aromatic rings. The van der Waals surface area contributed by atoms with Gasteiger partial charge in [0.15, 0.2) is 0 Å². The molecule has 0 N–H and O–H groups in total. The average Bonchev–Trinajstić information content (AvgIpc) is 3.17. The predicted molar refractivity (Wildman–Crippen MR) is 105 cm³/mol. The van der Waals surface area contributed by atoms with Crippen LogP contribution in [0.4, 0.5) is 0 Å². The van der Waals surface area contributed by atoms with E-state index in [0.29, 0.717) is 17.2 Å². The summed E-state index contributed by atoms with van der Waals surface area (Å²) in [5, 5.41) is 12.2. The van der Waals surface area contributed by atoms with Gasteiger partial charge in [-0.15, -0.1) is 11.3 Å². The predicted octanol–water partition coefficient (Wildman–Crippen LogP) is 5.28. The molecule has 0 bridgehead atoms. The summed E-state index contributed by atoms with van der Waals surface area (Å²) >= 11 is 1.45. The Morgan fingerprint density at radius 2 is 1.96 bits per heavy atom. The van der Waals surface area contributed by atoms with E-state index >= 15 is 0 Å². The Balaban J connectivity index is 1.92. The van der Waals surface area contributed by atoms with E-state index in [2.05, 4.69) is 11.1 Å². The second-order valence-electron chi connectivity index (χ2n) is 5.41. The summed E-state index contributed by atoms with van der Waals surface area (Å²) in [6.07, 6.45) is 1.82. The third-order valence-electron chi connectivity index (χ3n) is 3.76. The van der Waals surface area contributed by atoms with E-state index in [9.17, 15) is 5.26 Å². The Hall–Kier alpha value is -3.10. The number of benzene rings is 2. The van der Waals surface area contributed by atoms with Crippen molar-refractivity contribution in [1.82, 2.24) is 4.98 Å². The second-order valence-corrected chi connectivity index (χ2v) is 6.27. The maximum absolute atomic E-state index is 9.60. The van der Waals surface area contributed by atoms with Gasteiger partial charge in [0, 0.05) is 16.5 Å². The maximum Gasteiger partial charge on any atom is 0.134 e. The third kappa shape index (κ3) is 3.93. The van der Waals surface area contributed by atoms with Gasteiger partial charge in [0.05, 0.1) is 25.0 Å². The van der Waals surface area contributed by atoms with E-state index in [1.807, 2.05) is 66.9 Å². The van der Waals surface area contributed by atoms with Gasteiger partial charge < -0.3 is 9.47 Å². The number of allylic oxidation sites excluding steroid dienone is 1. The van der Waals surface area contributed by atoms with E-state index in [1.165, 1.54) is 11.3 Å². The number of ether oxygens (including phenoxy) is 2. The van der Waals surface area contributed by atoms with Gasteiger partial charge >= 0.3 is 0 Å². The normalized spacial score (nSPS) is 11.0. The lowest BCUT2D eigenvalue weighted by Crippen LogP contribution is -1.93. The molecule has 0 aliphatic rings. The number of nitriles is 1. The largest absolute Gasteiger partial charge is 0.497 e. The molecule has 0 amide bonds. The minimum atomic E-state index is 0.516. The van der Waals surface area contributed by atoms with Crippen LogP contribution in [-0.4, -0.2) is 18.7 Å². The highest BCUT2D eigenvalue weighted by molar-refractivity contribution is 7.11. The van der Waals surface area contributed by atoms with E-state index in [-0.39, 0.29) is 0 Å². The Morgan fingerprint density at radius 3 is 2.65 bits per heavy atom. The summed E-state index contributed by atoms with van der Waals surface area (Å²) in [7, 11) is 1.64. The number of para-hydroxylation sites is 1. The highest BCUT2D eigenvalue weighted by Gasteiger charge is 2.10.